The van der Waals surface area contributed by atoms with Gasteiger partial charge in [-0.1, -0.05) is 12.1 Å². The van der Waals surface area contributed by atoms with Gasteiger partial charge >= 0.3 is 0 Å². The molecule has 3 rings (SSSR count). The summed E-state index contributed by atoms with van der Waals surface area (Å²) in [6.45, 7) is 3.62. The summed E-state index contributed by atoms with van der Waals surface area (Å²) in [6.07, 6.45) is 1.74. The van der Waals surface area contributed by atoms with E-state index in [9.17, 15) is 4.39 Å². The smallest absolute Gasteiger partial charge is 0.227 e. The molecule has 1 N–H and O–H groups in total. The molecule has 0 atom stereocenters. The largest absolute Gasteiger partial charge is 0.378 e. The summed E-state index contributed by atoms with van der Waals surface area (Å²) in [7, 11) is 0. The quantitative estimate of drug-likeness (QED) is 0.933. The second-order valence-corrected chi connectivity index (χ2v) is 4.82. The molecule has 1 aromatic carbocycles. The number of morpholine rings is 1. The van der Waals surface area contributed by atoms with E-state index in [1.54, 1.807) is 18.3 Å². The Labute approximate surface area is 122 Å². The number of anilines is 2. The van der Waals surface area contributed by atoms with Gasteiger partial charge in [-0.15, -0.1) is 0 Å². The molecule has 0 amide bonds. The van der Waals surface area contributed by atoms with Gasteiger partial charge in [0.25, 0.3) is 0 Å². The van der Waals surface area contributed by atoms with Crippen LogP contribution in [0.25, 0.3) is 0 Å². The lowest BCUT2D eigenvalue weighted by atomic mass is 10.2. The first kappa shape index (κ1) is 13.8. The van der Waals surface area contributed by atoms with Crippen LogP contribution in [-0.2, 0) is 11.3 Å². The van der Waals surface area contributed by atoms with E-state index in [2.05, 4.69) is 20.2 Å². The topological polar surface area (TPSA) is 50.3 Å². The first-order valence-corrected chi connectivity index (χ1v) is 6.95. The van der Waals surface area contributed by atoms with E-state index in [-0.39, 0.29) is 5.82 Å². The van der Waals surface area contributed by atoms with Crippen molar-refractivity contribution >= 4 is 11.8 Å². The van der Waals surface area contributed by atoms with Crippen LogP contribution in [0.15, 0.2) is 36.5 Å². The second kappa shape index (κ2) is 6.49. The predicted octanol–water partition coefficient (Wildman–Crippen LogP) is 2.06. The molecule has 0 aliphatic carbocycles. The number of nitrogens with one attached hydrogen (secondary N) is 1. The van der Waals surface area contributed by atoms with E-state index in [1.807, 2.05) is 6.07 Å². The molecule has 1 aromatic heterocycles. The highest BCUT2D eigenvalue weighted by molar-refractivity contribution is 5.42. The average Bonchev–Trinajstić information content (AvgIpc) is 2.55. The molecule has 0 bridgehead atoms. The summed E-state index contributed by atoms with van der Waals surface area (Å²) in [5.74, 6) is 1.24. The normalized spacial score (nSPS) is 15.0. The van der Waals surface area contributed by atoms with Crippen LogP contribution >= 0.6 is 0 Å². The van der Waals surface area contributed by atoms with E-state index in [1.165, 1.54) is 12.1 Å². The monoisotopic (exact) mass is 288 g/mol. The summed E-state index contributed by atoms with van der Waals surface area (Å²) in [4.78, 5) is 10.9. The van der Waals surface area contributed by atoms with E-state index in [4.69, 9.17) is 4.74 Å². The summed E-state index contributed by atoms with van der Waals surface area (Å²) in [5.41, 5.74) is 1.00. The summed E-state index contributed by atoms with van der Waals surface area (Å²) in [5, 5.41) is 3.23. The van der Waals surface area contributed by atoms with Gasteiger partial charge in [0.05, 0.1) is 13.2 Å². The molecule has 21 heavy (non-hydrogen) atoms. The Kier molecular flexibility index (Phi) is 4.25. The molecule has 2 aromatic rings. The first-order chi connectivity index (χ1) is 10.3. The van der Waals surface area contributed by atoms with E-state index >= 15 is 0 Å². The van der Waals surface area contributed by atoms with Crippen molar-refractivity contribution in [3.63, 3.8) is 0 Å². The molecule has 1 saturated heterocycles. The zero-order valence-corrected chi connectivity index (χ0v) is 11.6. The van der Waals surface area contributed by atoms with Crippen molar-refractivity contribution in [2.45, 2.75) is 6.54 Å². The van der Waals surface area contributed by atoms with Crippen LogP contribution in [0.5, 0.6) is 0 Å². The molecular formula is C15H17FN4O. The summed E-state index contributed by atoms with van der Waals surface area (Å²) >= 11 is 0. The van der Waals surface area contributed by atoms with E-state index < -0.39 is 0 Å². The van der Waals surface area contributed by atoms with Crippen LogP contribution < -0.4 is 10.2 Å². The number of hydrogen-bond donors (Lipinski definition) is 1. The molecule has 110 valence electrons. The minimum Gasteiger partial charge on any atom is -0.378 e. The van der Waals surface area contributed by atoms with E-state index in [0.717, 1.165) is 24.5 Å². The van der Waals surface area contributed by atoms with Crippen LogP contribution in [0, 0.1) is 5.82 Å². The number of rotatable bonds is 4. The van der Waals surface area contributed by atoms with Crippen molar-refractivity contribution < 1.29 is 9.13 Å². The average molecular weight is 288 g/mol. The number of halogens is 1. The van der Waals surface area contributed by atoms with Gasteiger partial charge in [0.1, 0.15) is 11.6 Å². The zero-order valence-electron chi connectivity index (χ0n) is 11.6. The van der Waals surface area contributed by atoms with Crippen molar-refractivity contribution in [3.05, 3.63) is 47.9 Å². The van der Waals surface area contributed by atoms with Gasteiger partial charge in [0, 0.05) is 25.8 Å². The Morgan fingerprint density at radius 2 is 1.90 bits per heavy atom. The maximum absolute atomic E-state index is 12.9. The molecule has 5 nitrogen and oxygen atoms in total. The van der Waals surface area contributed by atoms with Gasteiger partial charge < -0.3 is 15.0 Å². The molecular weight excluding hydrogens is 271 g/mol. The maximum Gasteiger partial charge on any atom is 0.227 e. The van der Waals surface area contributed by atoms with Crippen molar-refractivity contribution in [1.29, 1.82) is 0 Å². The maximum atomic E-state index is 12.9. The van der Waals surface area contributed by atoms with Crippen LogP contribution in [0.4, 0.5) is 16.2 Å². The van der Waals surface area contributed by atoms with Crippen molar-refractivity contribution in [1.82, 2.24) is 9.97 Å². The Morgan fingerprint density at radius 3 is 2.67 bits per heavy atom. The van der Waals surface area contributed by atoms with Crippen LogP contribution in [-0.4, -0.2) is 36.3 Å². The van der Waals surface area contributed by atoms with Gasteiger partial charge in [-0.3, -0.25) is 0 Å². The third-order valence-electron chi connectivity index (χ3n) is 3.32. The fourth-order valence-corrected chi connectivity index (χ4v) is 2.16. The van der Waals surface area contributed by atoms with Gasteiger partial charge in [-0.05, 0) is 23.8 Å². The summed E-state index contributed by atoms with van der Waals surface area (Å²) in [6, 6.07) is 8.25. The lowest BCUT2D eigenvalue weighted by Crippen LogP contribution is -2.37. The van der Waals surface area contributed by atoms with E-state index in [0.29, 0.717) is 25.7 Å². The molecule has 1 aliphatic heterocycles. The van der Waals surface area contributed by atoms with Gasteiger partial charge in [0.2, 0.25) is 5.95 Å². The number of hydrogen-bond acceptors (Lipinski definition) is 5. The lowest BCUT2D eigenvalue weighted by Gasteiger charge is -2.26. The molecule has 2 heterocycles. The highest BCUT2D eigenvalue weighted by Crippen LogP contribution is 2.13. The zero-order chi connectivity index (χ0) is 14.5. The Balaban J connectivity index is 1.64. The number of benzene rings is 1. The second-order valence-electron chi connectivity index (χ2n) is 4.82. The number of aromatic nitrogens is 2. The highest BCUT2D eigenvalue weighted by Gasteiger charge is 2.13. The van der Waals surface area contributed by atoms with Crippen molar-refractivity contribution in [3.8, 4) is 0 Å². The third-order valence-corrected chi connectivity index (χ3v) is 3.32. The minimum atomic E-state index is -0.226. The Hall–Kier alpha value is -2.21. The first-order valence-electron chi connectivity index (χ1n) is 6.95. The Bertz CT molecular complexity index is 584. The molecule has 6 heteroatoms. The SMILES string of the molecule is Fc1ccc(CNc2ccnc(N3CCOCC3)n2)cc1. The van der Waals surface area contributed by atoms with Crippen LogP contribution in [0.3, 0.4) is 0 Å². The molecule has 0 spiro atoms. The molecule has 0 unspecified atom stereocenters. The standard InChI is InChI=1S/C15H17FN4O/c16-13-3-1-12(2-4-13)11-18-14-5-6-17-15(19-14)20-7-9-21-10-8-20/h1-6H,7-11H2,(H,17,18,19). The fraction of sp³-hybridized carbons (Fsp3) is 0.333. The third kappa shape index (κ3) is 3.66. The molecule has 1 fully saturated rings. The number of ether oxygens (including phenoxy) is 1. The highest BCUT2D eigenvalue weighted by atomic mass is 19.1. The summed E-state index contributed by atoms with van der Waals surface area (Å²) < 4.78 is 18.2. The molecule has 0 saturated carbocycles. The van der Waals surface area contributed by atoms with Gasteiger partial charge in [0.15, 0.2) is 0 Å². The van der Waals surface area contributed by atoms with Crippen molar-refractivity contribution in [2.75, 3.05) is 36.5 Å². The van der Waals surface area contributed by atoms with Crippen LogP contribution in [0.1, 0.15) is 5.56 Å². The fourth-order valence-electron chi connectivity index (χ4n) is 2.16. The number of nitrogens with zero attached hydrogens (tertiary/aromatic N) is 3. The minimum absolute atomic E-state index is 0.226. The van der Waals surface area contributed by atoms with Gasteiger partial charge in [-0.25, -0.2) is 9.37 Å². The van der Waals surface area contributed by atoms with Gasteiger partial charge in [-0.2, -0.15) is 4.98 Å². The molecule has 1 aliphatic rings. The Morgan fingerprint density at radius 1 is 1.14 bits per heavy atom. The lowest BCUT2D eigenvalue weighted by molar-refractivity contribution is 0.122. The molecule has 0 radical (unpaired) electrons. The van der Waals surface area contributed by atoms with Crippen molar-refractivity contribution in [2.24, 2.45) is 0 Å². The predicted molar refractivity (Wildman–Crippen MR) is 78.8 cm³/mol. The van der Waals surface area contributed by atoms with Crippen LogP contribution in [0.2, 0.25) is 0 Å².